The number of nitrogens with one attached hydrogen (secondary N) is 1. The number of halogens is 3. The third kappa shape index (κ3) is 3.61. The quantitative estimate of drug-likeness (QED) is 0.627. The molecule has 134 valence electrons. The topological polar surface area (TPSA) is 75.6 Å². The Morgan fingerprint density at radius 1 is 1.15 bits per heavy atom. The van der Waals surface area contributed by atoms with E-state index in [2.05, 4.69) is 10.1 Å². The molecule has 0 radical (unpaired) electrons. The van der Waals surface area contributed by atoms with E-state index in [1.165, 1.54) is 36.4 Å². The predicted octanol–water partition coefficient (Wildman–Crippen LogP) is 5.11. The first kappa shape index (κ1) is 18.1. The van der Waals surface area contributed by atoms with Gasteiger partial charge in [0.15, 0.2) is 0 Å². The minimum absolute atomic E-state index is 0.0147. The van der Waals surface area contributed by atoms with Gasteiger partial charge in [-0.2, -0.15) is 8.78 Å². The minimum atomic E-state index is -3.01. The fraction of sp³-hybridized carbons (Fsp3) is 0.0588. The number of carbonyl (C=O) groups excluding carboxylic acids is 1. The second-order valence-electron chi connectivity index (χ2n) is 5.09. The second-order valence-corrected chi connectivity index (χ2v) is 6.52. The number of amides is 1. The van der Waals surface area contributed by atoms with Crippen LogP contribution in [0.5, 0.6) is 5.75 Å². The Bertz CT molecular complexity index is 988. The summed E-state index contributed by atoms with van der Waals surface area (Å²) in [5.41, 5.74) is 0.453. The number of hydrogen-bond acceptors (Lipinski definition) is 4. The molecule has 0 aliphatic carbocycles. The monoisotopic (exact) mass is 397 g/mol. The zero-order valence-electron chi connectivity index (χ0n) is 12.8. The van der Waals surface area contributed by atoms with Gasteiger partial charge < -0.3 is 15.2 Å². The second kappa shape index (κ2) is 7.27. The Morgan fingerprint density at radius 2 is 1.85 bits per heavy atom. The summed E-state index contributed by atoms with van der Waals surface area (Å²) in [6.07, 6.45) is 0. The van der Waals surface area contributed by atoms with Crippen molar-refractivity contribution in [1.29, 1.82) is 0 Å². The average molecular weight is 398 g/mol. The zero-order valence-corrected chi connectivity index (χ0v) is 14.4. The summed E-state index contributed by atoms with van der Waals surface area (Å²) in [7, 11) is 0. The molecular formula is C17H10ClF2NO4S. The number of aromatic carboxylic acids is 1. The lowest BCUT2D eigenvalue weighted by molar-refractivity contribution is -0.0487. The van der Waals surface area contributed by atoms with E-state index in [-0.39, 0.29) is 26.6 Å². The van der Waals surface area contributed by atoms with Crippen LogP contribution in [0.25, 0.3) is 10.1 Å². The lowest BCUT2D eigenvalue weighted by Gasteiger charge is -2.06. The number of rotatable bonds is 5. The number of ether oxygens (including phenoxy) is 1. The molecule has 0 bridgehead atoms. The maximum absolute atomic E-state index is 12.5. The van der Waals surface area contributed by atoms with E-state index in [0.29, 0.717) is 10.4 Å². The Balaban J connectivity index is 1.91. The van der Waals surface area contributed by atoms with Gasteiger partial charge >= 0.3 is 12.6 Å². The van der Waals surface area contributed by atoms with E-state index < -0.39 is 18.5 Å². The molecule has 0 saturated heterocycles. The number of benzene rings is 2. The highest BCUT2D eigenvalue weighted by molar-refractivity contribution is 7.21. The van der Waals surface area contributed by atoms with Gasteiger partial charge in [-0.25, -0.2) is 4.79 Å². The molecule has 9 heteroatoms. The van der Waals surface area contributed by atoms with Gasteiger partial charge in [0.05, 0.1) is 16.0 Å². The number of hydrogen-bond donors (Lipinski definition) is 2. The molecule has 0 aliphatic rings. The molecule has 0 saturated carbocycles. The Hall–Kier alpha value is -2.71. The number of thiophene rings is 1. The number of carboxylic acids is 1. The molecule has 3 rings (SSSR count). The van der Waals surface area contributed by atoms with Gasteiger partial charge in [-0.15, -0.1) is 11.3 Å². The first-order chi connectivity index (χ1) is 12.4. The molecule has 2 aromatic carbocycles. The molecule has 0 spiro atoms. The smallest absolute Gasteiger partial charge is 0.387 e. The first-order valence-electron chi connectivity index (χ1n) is 7.17. The zero-order chi connectivity index (χ0) is 18.8. The van der Waals surface area contributed by atoms with Gasteiger partial charge in [0.25, 0.3) is 5.91 Å². The lowest BCUT2D eigenvalue weighted by atomic mass is 10.2. The van der Waals surface area contributed by atoms with E-state index >= 15 is 0 Å². The number of alkyl halides is 2. The van der Waals surface area contributed by atoms with Crippen molar-refractivity contribution in [2.24, 2.45) is 0 Å². The van der Waals surface area contributed by atoms with Crippen LogP contribution >= 0.6 is 22.9 Å². The van der Waals surface area contributed by atoms with Crippen molar-refractivity contribution in [2.75, 3.05) is 5.32 Å². The molecule has 1 amide bonds. The highest BCUT2D eigenvalue weighted by atomic mass is 35.5. The summed E-state index contributed by atoms with van der Waals surface area (Å²) in [5.74, 6) is -1.73. The van der Waals surface area contributed by atoms with Crippen LogP contribution in [0.3, 0.4) is 0 Å². The van der Waals surface area contributed by atoms with E-state index in [4.69, 9.17) is 16.7 Å². The summed E-state index contributed by atoms with van der Waals surface area (Å²) in [4.78, 5) is 23.4. The number of fused-ring (bicyclic) bond motifs is 1. The van der Waals surface area contributed by atoms with Crippen LogP contribution in [0.2, 0.25) is 5.02 Å². The van der Waals surface area contributed by atoms with Crippen molar-refractivity contribution in [3.05, 3.63) is 57.9 Å². The summed E-state index contributed by atoms with van der Waals surface area (Å²) >= 11 is 7.26. The predicted molar refractivity (Wildman–Crippen MR) is 94.8 cm³/mol. The van der Waals surface area contributed by atoms with Gasteiger partial charge in [0, 0.05) is 10.4 Å². The molecule has 0 atom stereocenters. The Labute approximate surface area is 154 Å². The highest BCUT2D eigenvalue weighted by Crippen LogP contribution is 2.41. The molecule has 1 aromatic heterocycles. The lowest BCUT2D eigenvalue weighted by Crippen LogP contribution is -2.10. The van der Waals surface area contributed by atoms with Gasteiger partial charge in [-0.3, -0.25) is 4.79 Å². The Morgan fingerprint density at radius 3 is 2.46 bits per heavy atom. The summed E-state index contributed by atoms with van der Waals surface area (Å²) in [6, 6.07) is 10.1. The van der Waals surface area contributed by atoms with Crippen LogP contribution in [0.4, 0.5) is 14.5 Å². The van der Waals surface area contributed by atoms with Crippen LogP contribution in [0, 0.1) is 0 Å². The largest absolute Gasteiger partial charge is 0.478 e. The number of carbonyl (C=O) groups is 2. The third-order valence-corrected chi connectivity index (χ3v) is 5.07. The maximum Gasteiger partial charge on any atom is 0.387 e. The molecule has 1 heterocycles. The maximum atomic E-state index is 12.5. The van der Waals surface area contributed by atoms with Crippen molar-refractivity contribution < 1.29 is 28.2 Å². The van der Waals surface area contributed by atoms with Crippen LogP contribution in [-0.4, -0.2) is 23.6 Å². The van der Waals surface area contributed by atoms with Crippen molar-refractivity contribution >= 4 is 50.6 Å². The summed E-state index contributed by atoms with van der Waals surface area (Å²) in [6.45, 7) is -3.01. The molecule has 5 nitrogen and oxygen atoms in total. The van der Waals surface area contributed by atoms with Gasteiger partial charge in [-0.05, 0) is 36.4 Å². The molecule has 0 fully saturated rings. The SMILES string of the molecule is O=C(O)c1ccc(NC(=O)c2sc3cccc(OC(F)F)c3c2Cl)cc1. The van der Waals surface area contributed by atoms with E-state index in [0.717, 1.165) is 11.3 Å². The van der Waals surface area contributed by atoms with E-state index in [1.54, 1.807) is 6.07 Å². The Kier molecular flexibility index (Phi) is 5.06. The summed E-state index contributed by atoms with van der Waals surface area (Å²) in [5, 5.41) is 11.7. The van der Waals surface area contributed by atoms with Gasteiger partial charge in [-0.1, -0.05) is 17.7 Å². The van der Waals surface area contributed by atoms with Gasteiger partial charge in [0.1, 0.15) is 10.6 Å². The van der Waals surface area contributed by atoms with Crippen molar-refractivity contribution in [2.45, 2.75) is 6.61 Å². The molecule has 26 heavy (non-hydrogen) atoms. The van der Waals surface area contributed by atoms with Crippen molar-refractivity contribution in [1.82, 2.24) is 0 Å². The van der Waals surface area contributed by atoms with Crippen LogP contribution in [-0.2, 0) is 0 Å². The summed E-state index contributed by atoms with van der Waals surface area (Å²) < 4.78 is 30.1. The average Bonchev–Trinajstić information content (AvgIpc) is 2.93. The van der Waals surface area contributed by atoms with E-state index in [1.807, 2.05) is 0 Å². The highest BCUT2D eigenvalue weighted by Gasteiger charge is 2.21. The van der Waals surface area contributed by atoms with Crippen LogP contribution in [0.1, 0.15) is 20.0 Å². The fourth-order valence-corrected chi connectivity index (χ4v) is 3.76. The van der Waals surface area contributed by atoms with Crippen molar-refractivity contribution in [3.8, 4) is 5.75 Å². The van der Waals surface area contributed by atoms with Crippen molar-refractivity contribution in [3.63, 3.8) is 0 Å². The molecular weight excluding hydrogens is 388 g/mol. The van der Waals surface area contributed by atoms with E-state index in [9.17, 15) is 18.4 Å². The third-order valence-electron chi connectivity index (χ3n) is 3.43. The van der Waals surface area contributed by atoms with Crippen LogP contribution < -0.4 is 10.1 Å². The molecule has 2 N–H and O–H groups in total. The normalized spacial score (nSPS) is 10.9. The first-order valence-corrected chi connectivity index (χ1v) is 8.37. The van der Waals surface area contributed by atoms with Gasteiger partial charge in [0.2, 0.25) is 0 Å². The molecule has 0 aliphatic heterocycles. The fourth-order valence-electron chi connectivity index (χ4n) is 2.30. The number of anilines is 1. The number of carboxylic acid groups (broad SMARTS) is 1. The molecule has 3 aromatic rings. The molecule has 0 unspecified atom stereocenters. The standard InChI is InChI=1S/C17H10ClF2NO4S/c18-13-12-10(25-17(19)20)2-1-3-11(12)26-14(13)15(22)21-9-6-4-8(5-7-9)16(23)24/h1-7,17H,(H,21,22)(H,23,24). The van der Waals surface area contributed by atoms with Crippen LogP contribution in [0.15, 0.2) is 42.5 Å². The minimum Gasteiger partial charge on any atom is -0.478 e.